The smallest absolute Gasteiger partial charge is 0.305 e. The fourth-order valence-corrected chi connectivity index (χ4v) is 2.04. The molecule has 1 aromatic heterocycles. The summed E-state index contributed by atoms with van der Waals surface area (Å²) < 4.78 is 3.60. The summed E-state index contributed by atoms with van der Waals surface area (Å²) >= 11 is 1.07. The molecule has 1 heterocycles. The monoisotopic (exact) mass is 277 g/mol. The highest BCUT2D eigenvalue weighted by molar-refractivity contribution is 7.03. The van der Waals surface area contributed by atoms with Crippen molar-refractivity contribution in [1.29, 1.82) is 0 Å². The van der Waals surface area contributed by atoms with Gasteiger partial charge in [0.15, 0.2) is 5.69 Å². The quantitative estimate of drug-likeness (QED) is 0.863. The SMILES string of the molecule is O=C(O)CC(NC(=O)c1csnn1)c1ccccc1. The van der Waals surface area contributed by atoms with E-state index in [1.54, 1.807) is 24.3 Å². The maximum absolute atomic E-state index is 11.9. The van der Waals surface area contributed by atoms with Crippen LogP contribution in [0.4, 0.5) is 0 Å². The fraction of sp³-hybridized carbons (Fsp3) is 0.167. The van der Waals surface area contributed by atoms with Gasteiger partial charge in [0, 0.05) is 5.38 Å². The first kappa shape index (κ1) is 13.2. The number of hydrogen-bond donors (Lipinski definition) is 2. The number of carbonyl (C=O) groups excluding carboxylic acids is 1. The molecule has 98 valence electrons. The van der Waals surface area contributed by atoms with Crippen LogP contribution in [0.3, 0.4) is 0 Å². The first-order chi connectivity index (χ1) is 9.16. The number of nitrogens with one attached hydrogen (secondary N) is 1. The highest BCUT2D eigenvalue weighted by atomic mass is 32.1. The molecule has 7 heteroatoms. The number of carboxylic acids is 1. The van der Waals surface area contributed by atoms with Crippen molar-refractivity contribution in [2.24, 2.45) is 0 Å². The summed E-state index contributed by atoms with van der Waals surface area (Å²) in [5, 5.41) is 16.7. The molecule has 0 radical (unpaired) electrons. The molecule has 0 bridgehead atoms. The van der Waals surface area contributed by atoms with Crippen LogP contribution in [0.5, 0.6) is 0 Å². The zero-order chi connectivity index (χ0) is 13.7. The third-order valence-electron chi connectivity index (χ3n) is 2.48. The molecule has 6 nitrogen and oxygen atoms in total. The van der Waals surface area contributed by atoms with E-state index in [2.05, 4.69) is 14.9 Å². The van der Waals surface area contributed by atoms with E-state index >= 15 is 0 Å². The maximum atomic E-state index is 11.9. The molecule has 0 saturated carbocycles. The normalized spacial score (nSPS) is 11.8. The number of aromatic nitrogens is 2. The van der Waals surface area contributed by atoms with Crippen molar-refractivity contribution in [1.82, 2.24) is 14.9 Å². The lowest BCUT2D eigenvalue weighted by Gasteiger charge is -2.16. The van der Waals surface area contributed by atoms with Crippen LogP contribution in [-0.2, 0) is 4.79 Å². The van der Waals surface area contributed by atoms with Crippen molar-refractivity contribution in [2.45, 2.75) is 12.5 Å². The minimum atomic E-state index is -0.981. The van der Waals surface area contributed by atoms with Crippen LogP contribution in [0.1, 0.15) is 28.5 Å². The van der Waals surface area contributed by atoms with Gasteiger partial charge in [0.05, 0.1) is 12.5 Å². The summed E-state index contributed by atoms with van der Waals surface area (Å²) in [4.78, 5) is 22.7. The van der Waals surface area contributed by atoms with Gasteiger partial charge < -0.3 is 10.4 Å². The van der Waals surface area contributed by atoms with Gasteiger partial charge in [-0.05, 0) is 17.1 Å². The van der Waals surface area contributed by atoms with Gasteiger partial charge in [-0.3, -0.25) is 9.59 Å². The Morgan fingerprint density at radius 1 is 1.32 bits per heavy atom. The summed E-state index contributed by atoms with van der Waals surface area (Å²) in [6.45, 7) is 0. The lowest BCUT2D eigenvalue weighted by atomic mass is 10.0. The molecule has 0 aliphatic heterocycles. The zero-order valence-electron chi connectivity index (χ0n) is 9.81. The van der Waals surface area contributed by atoms with Crippen LogP contribution in [-0.4, -0.2) is 26.6 Å². The molecule has 0 aliphatic rings. The first-order valence-electron chi connectivity index (χ1n) is 5.51. The average Bonchev–Trinajstić information content (AvgIpc) is 2.92. The molecule has 0 spiro atoms. The first-order valence-corrected chi connectivity index (χ1v) is 6.35. The number of aliphatic carboxylic acids is 1. The zero-order valence-corrected chi connectivity index (χ0v) is 10.6. The van der Waals surface area contributed by atoms with E-state index < -0.39 is 17.9 Å². The Labute approximate surface area is 113 Å². The van der Waals surface area contributed by atoms with Crippen molar-refractivity contribution in [2.75, 3.05) is 0 Å². The maximum Gasteiger partial charge on any atom is 0.305 e. The Bertz CT molecular complexity index is 557. The topological polar surface area (TPSA) is 92.2 Å². The van der Waals surface area contributed by atoms with Crippen LogP contribution in [0.25, 0.3) is 0 Å². The van der Waals surface area contributed by atoms with Gasteiger partial charge in [-0.2, -0.15) is 0 Å². The van der Waals surface area contributed by atoms with E-state index in [0.29, 0.717) is 0 Å². The lowest BCUT2D eigenvalue weighted by molar-refractivity contribution is -0.137. The Hall–Kier alpha value is -2.28. The van der Waals surface area contributed by atoms with Crippen molar-refractivity contribution in [3.63, 3.8) is 0 Å². The number of carboxylic acid groups (broad SMARTS) is 1. The number of hydrogen-bond acceptors (Lipinski definition) is 5. The van der Waals surface area contributed by atoms with Crippen LogP contribution >= 0.6 is 11.5 Å². The summed E-state index contributed by atoms with van der Waals surface area (Å²) in [5.74, 6) is -1.41. The third-order valence-corrected chi connectivity index (χ3v) is 2.98. The second-order valence-corrected chi connectivity index (χ2v) is 4.43. The van der Waals surface area contributed by atoms with Crippen LogP contribution in [0.15, 0.2) is 35.7 Å². The van der Waals surface area contributed by atoms with Crippen molar-refractivity contribution in [3.8, 4) is 0 Å². The molecule has 1 aromatic carbocycles. The van der Waals surface area contributed by atoms with Gasteiger partial charge in [-0.25, -0.2) is 0 Å². The van der Waals surface area contributed by atoms with Crippen LogP contribution in [0.2, 0.25) is 0 Å². The fourth-order valence-electron chi connectivity index (χ4n) is 1.61. The Morgan fingerprint density at radius 2 is 2.05 bits per heavy atom. The van der Waals surface area contributed by atoms with Crippen LogP contribution in [0, 0.1) is 0 Å². The molecule has 1 amide bonds. The van der Waals surface area contributed by atoms with E-state index in [0.717, 1.165) is 17.1 Å². The number of rotatable bonds is 5. The van der Waals surface area contributed by atoms with Crippen LogP contribution < -0.4 is 5.32 Å². The third kappa shape index (κ3) is 3.59. The molecule has 0 saturated heterocycles. The van der Waals surface area contributed by atoms with E-state index in [1.165, 1.54) is 5.38 Å². The number of nitrogens with zero attached hydrogens (tertiary/aromatic N) is 2. The molecule has 1 atom stereocenters. The second-order valence-electron chi connectivity index (χ2n) is 3.82. The van der Waals surface area contributed by atoms with Gasteiger partial charge in [0.25, 0.3) is 5.91 Å². The molecule has 0 aliphatic carbocycles. The lowest BCUT2D eigenvalue weighted by Crippen LogP contribution is -2.30. The number of amides is 1. The van der Waals surface area contributed by atoms with Gasteiger partial charge in [-0.1, -0.05) is 34.8 Å². The predicted molar refractivity (Wildman–Crippen MR) is 68.8 cm³/mol. The summed E-state index contributed by atoms with van der Waals surface area (Å²) in [5.41, 5.74) is 0.928. The second kappa shape index (κ2) is 6.05. The molecule has 19 heavy (non-hydrogen) atoms. The number of benzene rings is 1. The molecule has 2 rings (SSSR count). The summed E-state index contributed by atoms with van der Waals surface area (Å²) in [6.07, 6.45) is -0.187. The highest BCUT2D eigenvalue weighted by Gasteiger charge is 2.19. The summed E-state index contributed by atoms with van der Waals surface area (Å²) in [7, 11) is 0. The van der Waals surface area contributed by atoms with E-state index in [9.17, 15) is 9.59 Å². The molecular formula is C12H11N3O3S. The minimum absolute atomic E-state index is 0.187. The Morgan fingerprint density at radius 3 is 2.63 bits per heavy atom. The highest BCUT2D eigenvalue weighted by Crippen LogP contribution is 2.17. The standard InChI is InChI=1S/C12H11N3O3S/c16-11(17)6-9(8-4-2-1-3-5-8)13-12(18)10-7-19-15-14-10/h1-5,7,9H,6H2,(H,13,18)(H,16,17). The number of carbonyl (C=O) groups is 2. The molecule has 1 unspecified atom stereocenters. The van der Waals surface area contributed by atoms with Crippen molar-refractivity contribution in [3.05, 3.63) is 47.0 Å². The van der Waals surface area contributed by atoms with Gasteiger partial charge in [0.2, 0.25) is 0 Å². The summed E-state index contributed by atoms with van der Waals surface area (Å²) in [6, 6.07) is 8.36. The molecular weight excluding hydrogens is 266 g/mol. The average molecular weight is 277 g/mol. The minimum Gasteiger partial charge on any atom is -0.481 e. The molecule has 2 N–H and O–H groups in total. The van der Waals surface area contributed by atoms with Gasteiger partial charge in [-0.15, -0.1) is 5.10 Å². The Kier molecular flexibility index (Phi) is 4.19. The van der Waals surface area contributed by atoms with Crippen molar-refractivity contribution >= 4 is 23.4 Å². The molecule has 0 fully saturated rings. The van der Waals surface area contributed by atoms with E-state index in [1.807, 2.05) is 6.07 Å². The van der Waals surface area contributed by atoms with E-state index in [4.69, 9.17) is 5.11 Å². The van der Waals surface area contributed by atoms with E-state index in [-0.39, 0.29) is 12.1 Å². The van der Waals surface area contributed by atoms with Crippen molar-refractivity contribution < 1.29 is 14.7 Å². The van der Waals surface area contributed by atoms with Gasteiger partial charge >= 0.3 is 5.97 Å². The molecule has 2 aromatic rings. The predicted octanol–water partition coefficient (Wildman–Crippen LogP) is 1.48. The van der Waals surface area contributed by atoms with Gasteiger partial charge in [0.1, 0.15) is 0 Å². The largest absolute Gasteiger partial charge is 0.481 e. The Balaban J connectivity index is 2.15.